The van der Waals surface area contributed by atoms with E-state index in [0.717, 1.165) is 12.8 Å². The molecule has 0 bridgehead atoms. The Bertz CT molecular complexity index is 141. The molecule has 0 N–H and O–H groups in total. The first-order chi connectivity index (χ1) is 5.54. The molecule has 2 nitrogen and oxygen atoms in total. The second kappa shape index (κ2) is 5.31. The molecule has 0 spiro atoms. The predicted molar refractivity (Wildman–Crippen MR) is 52.3 cm³/mol. The molecule has 0 aliphatic carbocycles. The van der Waals surface area contributed by atoms with E-state index in [1.807, 2.05) is 14.0 Å². The van der Waals surface area contributed by atoms with Gasteiger partial charge in [0.2, 0.25) is 0 Å². The number of hydrogen-bond acceptors (Lipinski definition) is 2. The minimum atomic E-state index is 0.0647. The molecule has 0 amide bonds. The highest BCUT2D eigenvalue weighted by Gasteiger charge is 2.19. The molecule has 0 saturated carbocycles. The van der Waals surface area contributed by atoms with Gasteiger partial charge in [0.25, 0.3) is 0 Å². The standard InChI is InChI=1S/C10H21NO/c1-6-10(7-2)11(5)8(3)9(4)12/h8,10H,6-7H2,1-5H3. The molecule has 0 aliphatic heterocycles. The van der Waals surface area contributed by atoms with Crippen molar-refractivity contribution in [2.75, 3.05) is 7.05 Å². The number of Topliss-reactive ketones (excluding diaryl/α,β-unsaturated/α-hetero) is 1. The van der Waals surface area contributed by atoms with E-state index in [0.29, 0.717) is 6.04 Å². The number of nitrogens with zero attached hydrogens (tertiary/aromatic N) is 1. The summed E-state index contributed by atoms with van der Waals surface area (Å²) in [5, 5.41) is 0. The zero-order valence-electron chi connectivity index (χ0n) is 8.92. The Morgan fingerprint density at radius 1 is 1.33 bits per heavy atom. The summed E-state index contributed by atoms with van der Waals surface area (Å²) in [6.07, 6.45) is 2.23. The minimum Gasteiger partial charge on any atom is -0.298 e. The highest BCUT2D eigenvalue weighted by atomic mass is 16.1. The number of carbonyl (C=O) groups excluding carboxylic acids is 1. The molecule has 72 valence electrons. The molecular formula is C10H21NO. The van der Waals surface area contributed by atoms with Crippen LogP contribution in [0.5, 0.6) is 0 Å². The van der Waals surface area contributed by atoms with Gasteiger partial charge >= 0.3 is 0 Å². The third-order valence-corrected chi connectivity index (χ3v) is 2.72. The topological polar surface area (TPSA) is 20.3 Å². The molecule has 0 rings (SSSR count). The van der Waals surface area contributed by atoms with E-state index in [1.165, 1.54) is 0 Å². The van der Waals surface area contributed by atoms with Crippen LogP contribution in [0.1, 0.15) is 40.5 Å². The van der Waals surface area contributed by atoms with Gasteiger partial charge in [-0.15, -0.1) is 0 Å². The molecule has 0 aliphatic rings. The molecule has 0 aromatic rings. The molecule has 0 fully saturated rings. The van der Waals surface area contributed by atoms with Crippen LogP contribution in [-0.2, 0) is 4.79 Å². The Hall–Kier alpha value is -0.370. The van der Waals surface area contributed by atoms with E-state index < -0.39 is 0 Å². The van der Waals surface area contributed by atoms with Crippen LogP contribution < -0.4 is 0 Å². The first kappa shape index (κ1) is 11.6. The van der Waals surface area contributed by atoms with Crippen LogP contribution in [0, 0.1) is 0 Å². The van der Waals surface area contributed by atoms with Crippen LogP contribution in [0.2, 0.25) is 0 Å². The first-order valence-corrected chi connectivity index (χ1v) is 4.76. The van der Waals surface area contributed by atoms with Crippen molar-refractivity contribution in [3.8, 4) is 0 Å². The molecule has 0 heterocycles. The van der Waals surface area contributed by atoms with Gasteiger partial charge in [-0.3, -0.25) is 9.69 Å². The van der Waals surface area contributed by atoms with Crippen molar-refractivity contribution in [2.24, 2.45) is 0 Å². The van der Waals surface area contributed by atoms with E-state index >= 15 is 0 Å². The minimum absolute atomic E-state index is 0.0647. The maximum absolute atomic E-state index is 11.1. The maximum atomic E-state index is 11.1. The molecule has 0 radical (unpaired) electrons. The third kappa shape index (κ3) is 2.94. The Kier molecular flexibility index (Phi) is 5.14. The predicted octanol–water partition coefficient (Wildman–Crippen LogP) is 2.08. The Balaban J connectivity index is 4.14. The number of carbonyl (C=O) groups is 1. The van der Waals surface area contributed by atoms with E-state index in [1.54, 1.807) is 6.92 Å². The van der Waals surface area contributed by atoms with Gasteiger partial charge in [0, 0.05) is 6.04 Å². The SMILES string of the molecule is CCC(CC)N(C)C(C)C(C)=O. The van der Waals surface area contributed by atoms with Gasteiger partial charge in [-0.1, -0.05) is 13.8 Å². The van der Waals surface area contributed by atoms with E-state index in [4.69, 9.17) is 0 Å². The van der Waals surface area contributed by atoms with Gasteiger partial charge in [0.05, 0.1) is 6.04 Å². The largest absolute Gasteiger partial charge is 0.298 e. The van der Waals surface area contributed by atoms with E-state index in [2.05, 4.69) is 18.7 Å². The molecule has 0 saturated heterocycles. The molecule has 1 unspecified atom stereocenters. The van der Waals surface area contributed by atoms with Gasteiger partial charge in [0.15, 0.2) is 0 Å². The number of ketones is 1. The molecular weight excluding hydrogens is 150 g/mol. The average Bonchev–Trinajstić information content (AvgIpc) is 2.05. The van der Waals surface area contributed by atoms with Crippen LogP contribution in [0.25, 0.3) is 0 Å². The highest BCUT2D eigenvalue weighted by molar-refractivity contribution is 5.80. The fourth-order valence-electron chi connectivity index (χ4n) is 1.47. The maximum Gasteiger partial charge on any atom is 0.146 e. The van der Waals surface area contributed by atoms with Crippen LogP contribution in [-0.4, -0.2) is 29.8 Å². The lowest BCUT2D eigenvalue weighted by Gasteiger charge is -2.30. The summed E-state index contributed by atoms with van der Waals surface area (Å²) in [5.41, 5.74) is 0. The first-order valence-electron chi connectivity index (χ1n) is 4.76. The van der Waals surface area contributed by atoms with Crippen molar-refractivity contribution in [2.45, 2.75) is 52.6 Å². The summed E-state index contributed by atoms with van der Waals surface area (Å²) < 4.78 is 0. The van der Waals surface area contributed by atoms with Crippen LogP contribution in [0.15, 0.2) is 0 Å². The van der Waals surface area contributed by atoms with Gasteiger partial charge in [-0.05, 0) is 33.7 Å². The lowest BCUT2D eigenvalue weighted by Crippen LogP contribution is -2.41. The second-order valence-corrected chi connectivity index (χ2v) is 3.42. The summed E-state index contributed by atoms with van der Waals surface area (Å²) >= 11 is 0. The van der Waals surface area contributed by atoms with Crippen molar-refractivity contribution in [3.63, 3.8) is 0 Å². The lowest BCUT2D eigenvalue weighted by molar-refractivity contribution is -0.121. The van der Waals surface area contributed by atoms with Gasteiger partial charge in [-0.25, -0.2) is 0 Å². The number of likely N-dealkylation sites (N-methyl/N-ethyl adjacent to an activating group) is 1. The van der Waals surface area contributed by atoms with Crippen molar-refractivity contribution in [3.05, 3.63) is 0 Å². The molecule has 2 heteroatoms. The van der Waals surface area contributed by atoms with E-state index in [-0.39, 0.29) is 11.8 Å². The normalized spacial score (nSPS) is 13.9. The third-order valence-electron chi connectivity index (χ3n) is 2.72. The smallest absolute Gasteiger partial charge is 0.146 e. The summed E-state index contributed by atoms with van der Waals surface area (Å²) in [7, 11) is 2.03. The Labute approximate surface area is 75.9 Å². The molecule has 0 aromatic heterocycles. The quantitative estimate of drug-likeness (QED) is 0.631. The molecule has 12 heavy (non-hydrogen) atoms. The average molecular weight is 171 g/mol. The molecule has 1 atom stereocenters. The fraction of sp³-hybridized carbons (Fsp3) is 0.900. The van der Waals surface area contributed by atoms with Gasteiger partial charge in [0.1, 0.15) is 5.78 Å². The van der Waals surface area contributed by atoms with Gasteiger partial charge in [-0.2, -0.15) is 0 Å². The van der Waals surface area contributed by atoms with Crippen molar-refractivity contribution in [1.82, 2.24) is 4.90 Å². The Morgan fingerprint density at radius 3 is 2.00 bits per heavy atom. The van der Waals surface area contributed by atoms with Crippen LogP contribution >= 0.6 is 0 Å². The summed E-state index contributed by atoms with van der Waals surface area (Å²) in [6.45, 7) is 7.96. The van der Waals surface area contributed by atoms with Crippen LogP contribution in [0.4, 0.5) is 0 Å². The number of hydrogen-bond donors (Lipinski definition) is 0. The lowest BCUT2D eigenvalue weighted by atomic mass is 10.1. The van der Waals surface area contributed by atoms with Crippen LogP contribution in [0.3, 0.4) is 0 Å². The summed E-state index contributed by atoms with van der Waals surface area (Å²) in [6, 6.07) is 0.610. The zero-order chi connectivity index (χ0) is 9.72. The highest BCUT2D eigenvalue weighted by Crippen LogP contribution is 2.10. The van der Waals surface area contributed by atoms with Crippen molar-refractivity contribution >= 4 is 5.78 Å². The zero-order valence-corrected chi connectivity index (χ0v) is 8.92. The Morgan fingerprint density at radius 2 is 1.75 bits per heavy atom. The summed E-state index contributed by atoms with van der Waals surface area (Å²) in [5.74, 6) is 0.254. The van der Waals surface area contributed by atoms with Crippen molar-refractivity contribution in [1.29, 1.82) is 0 Å². The van der Waals surface area contributed by atoms with Crippen molar-refractivity contribution < 1.29 is 4.79 Å². The van der Waals surface area contributed by atoms with Gasteiger partial charge < -0.3 is 0 Å². The summed E-state index contributed by atoms with van der Waals surface area (Å²) in [4.78, 5) is 13.2. The van der Waals surface area contributed by atoms with E-state index in [9.17, 15) is 4.79 Å². The second-order valence-electron chi connectivity index (χ2n) is 3.42. The fourth-order valence-corrected chi connectivity index (χ4v) is 1.47. The number of rotatable bonds is 5. The molecule has 0 aromatic carbocycles. The monoisotopic (exact) mass is 171 g/mol.